The Hall–Kier alpha value is -3.80. The molecule has 0 N–H and O–H groups in total. The molecule has 32 heavy (non-hydrogen) atoms. The van der Waals surface area contributed by atoms with E-state index in [0.29, 0.717) is 18.7 Å². The van der Waals surface area contributed by atoms with Gasteiger partial charge in [0.25, 0.3) is 0 Å². The normalized spacial score (nSPS) is 11.4. The van der Waals surface area contributed by atoms with E-state index in [0.717, 1.165) is 52.0 Å². The first-order valence-corrected chi connectivity index (χ1v) is 11.0. The molecule has 0 bridgehead atoms. The molecule has 160 valence electrons. The summed E-state index contributed by atoms with van der Waals surface area (Å²) in [5.41, 5.74) is 6.48. The van der Waals surface area contributed by atoms with Crippen LogP contribution >= 0.6 is 0 Å². The minimum Gasteiger partial charge on any atom is -0.297 e. The van der Waals surface area contributed by atoms with E-state index in [1.54, 1.807) is 6.20 Å². The molecule has 1 aromatic carbocycles. The minimum absolute atomic E-state index is 0.0447. The third kappa shape index (κ3) is 3.58. The van der Waals surface area contributed by atoms with Gasteiger partial charge in [0, 0.05) is 23.7 Å². The second-order valence-electron chi connectivity index (χ2n) is 7.92. The molecule has 0 aliphatic heterocycles. The van der Waals surface area contributed by atoms with Gasteiger partial charge in [-0.1, -0.05) is 38.1 Å². The van der Waals surface area contributed by atoms with Gasteiger partial charge < -0.3 is 0 Å². The molecule has 0 spiro atoms. The molecule has 6 heteroatoms. The average Bonchev–Trinajstić information content (AvgIpc) is 3.41. The highest BCUT2D eigenvalue weighted by Crippen LogP contribution is 2.26. The van der Waals surface area contributed by atoms with Gasteiger partial charge in [0.1, 0.15) is 11.3 Å². The first-order chi connectivity index (χ1) is 15.7. The lowest BCUT2D eigenvalue weighted by atomic mass is 10.0. The summed E-state index contributed by atoms with van der Waals surface area (Å²) in [4.78, 5) is 22.3. The zero-order chi connectivity index (χ0) is 22.1. The monoisotopic (exact) mass is 423 g/mol. The van der Waals surface area contributed by atoms with Gasteiger partial charge in [-0.3, -0.25) is 18.9 Å². The van der Waals surface area contributed by atoms with Crippen LogP contribution in [0.1, 0.15) is 47.0 Å². The molecule has 0 radical (unpaired) electrons. The first-order valence-electron chi connectivity index (χ1n) is 11.0. The molecule has 5 aromatic rings. The van der Waals surface area contributed by atoms with Crippen molar-refractivity contribution in [3.8, 4) is 0 Å². The quantitative estimate of drug-likeness (QED) is 0.357. The minimum atomic E-state index is 0.0447. The van der Waals surface area contributed by atoms with E-state index in [4.69, 9.17) is 10.1 Å². The second-order valence-corrected chi connectivity index (χ2v) is 7.92. The molecule has 0 saturated heterocycles. The van der Waals surface area contributed by atoms with Crippen molar-refractivity contribution in [1.29, 1.82) is 0 Å². The Bertz CT molecular complexity index is 1430. The highest BCUT2D eigenvalue weighted by molar-refractivity contribution is 5.99. The number of carbonyl (C=O) groups excluding carboxylic acids is 1. The van der Waals surface area contributed by atoms with Crippen molar-refractivity contribution < 1.29 is 4.79 Å². The Morgan fingerprint density at radius 1 is 0.938 bits per heavy atom. The van der Waals surface area contributed by atoms with E-state index in [-0.39, 0.29) is 5.78 Å². The van der Waals surface area contributed by atoms with Crippen molar-refractivity contribution in [3.05, 3.63) is 95.3 Å². The Morgan fingerprint density at radius 2 is 1.78 bits per heavy atom. The van der Waals surface area contributed by atoms with Crippen LogP contribution < -0.4 is 0 Å². The van der Waals surface area contributed by atoms with E-state index < -0.39 is 0 Å². The molecule has 0 fully saturated rings. The molecular weight excluding hydrogens is 398 g/mol. The third-order valence-electron chi connectivity index (χ3n) is 5.86. The van der Waals surface area contributed by atoms with E-state index in [1.165, 1.54) is 0 Å². The van der Waals surface area contributed by atoms with Gasteiger partial charge in [0.2, 0.25) is 0 Å². The summed E-state index contributed by atoms with van der Waals surface area (Å²) >= 11 is 0. The van der Waals surface area contributed by atoms with Crippen molar-refractivity contribution in [2.45, 2.75) is 39.7 Å². The number of nitrogens with zero attached hydrogens (tertiary/aromatic N) is 5. The molecule has 0 saturated carbocycles. The fourth-order valence-corrected chi connectivity index (χ4v) is 4.27. The predicted octanol–water partition coefficient (Wildman–Crippen LogP) is 4.68. The number of carbonyl (C=O) groups is 1. The van der Waals surface area contributed by atoms with Gasteiger partial charge in [-0.05, 0) is 48.7 Å². The molecule has 0 aliphatic rings. The molecule has 6 nitrogen and oxygen atoms in total. The largest absolute Gasteiger partial charge is 0.297 e. The van der Waals surface area contributed by atoms with Crippen LogP contribution in [0.25, 0.3) is 16.6 Å². The Morgan fingerprint density at radius 3 is 2.62 bits per heavy atom. The summed E-state index contributed by atoms with van der Waals surface area (Å²) in [5.74, 6) is 0.0447. The number of imidazole rings is 1. The fraction of sp³-hybridized carbons (Fsp3) is 0.231. The highest BCUT2D eigenvalue weighted by Gasteiger charge is 2.18. The lowest BCUT2D eigenvalue weighted by molar-refractivity contribution is 0.0987. The molecule has 5 rings (SSSR count). The smallest absolute Gasteiger partial charge is 0.185 e. The van der Waals surface area contributed by atoms with Gasteiger partial charge in [-0.25, -0.2) is 4.98 Å². The van der Waals surface area contributed by atoms with E-state index >= 15 is 0 Å². The van der Waals surface area contributed by atoms with Crippen LogP contribution in [0.4, 0.5) is 0 Å². The lowest BCUT2D eigenvalue weighted by Crippen LogP contribution is -2.07. The topological polar surface area (TPSA) is 65.1 Å². The summed E-state index contributed by atoms with van der Waals surface area (Å²) in [7, 11) is 0. The van der Waals surface area contributed by atoms with Crippen LogP contribution in [0.3, 0.4) is 0 Å². The number of aromatic nitrogens is 5. The number of ketones is 1. The molecule has 0 atom stereocenters. The number of pyridine rings is 2. The summed E-state index contributed by atoms with van der Waals surface area (Å²) < 4.78 is 3.86. The van der Waals surface area contributed by atoms with E-state index in [9.17, 15) is 4.79 Å². The van der Waals surface area contributed by atoms with E-state index in [1.807, 2.05) is 63.8 Å². The van der Waals surface area contributed by atoms with Crippen molar-refractivity contribution >= 4 is 22.3 Å². The van der Waals surface area contributed by atoms with Gasteiger partial charge >= 0.3 is 0 Å². The third-order valence-corrected chi connectivity index (χ3v) is 5.86. The van der Waals surface area contributed by atoms with Crippen molar-refractivity contribution in [3.63, 3.8) is 0 Å². The predicted molar refractivity (Wildman–Crippen MR) is 125 cm³/mol. The summed E-state index contributed by atoms with van der Waals surface area (Å²) in [5, 5.41) is 5.96. The van der Waals surface area contributed by atoms with E-state index in [2.05, 4.69) is 24.9 Å². The van der Waals surface area contributed by atoms with Crippen molar-refractivity contribution in [2.75, 3.05) is 0 Å². The molecule has 0 amide bonds. The maximum Gasteiger partial charge on any atom is 0.185 e. The first kappa shape index (κ1) is 20.1. The lowest BCUT2D eigenvalue weighted by Gasteiger charge is -2.07. The summed E-state index contributed by atoms with van der Waals surface area (Å²) in [6, 6.07) is 18.0. The SMILES string of the molecule is CCc1cccc(Cn2nc(CC)c3c(CC(=O)c4cnc5ccccn45)cccc32)n1. The molecule has 0 aliphatic carbocycles. The Kier molecular flexibility index (Phi) is 5.27. The number of aryl methyl sites for hydroxylation is 2. The molecule has 4 heterocycles. The van der Waals surface area contributed by atoms with Crippen LogP contribution in [0.5, 0.6) is 0 Å². The maximum atomic E-state index is 13.2. The average molecular weight is 424 g/mol. The highest BCUT2D eigenvalue weighted by atomic mass is 16.1. The van der Waals surface area contributed by atoms with Crippen LogP contribution in [-0.2, 0) is 25.8 Å². The number of hydrogen-bond acceptors (Lipinski definition) is 4. The van der Waals surface area contributed by atoms with Gasteiger partial charge in [-0.15, -0.1) is 0 Å². The Labute approximate surface area is 186 Å². The number of hydrogen-bond donors (Lipinski definition) is 0. The molecule has 4 aromatic heterocycles. The fourth-order valence-electron chi connectivity index (χ4n) is 4.27. The Balaban J connectivity index is 1.52. The van der Waals surface area contributed by atoms with Crippen molar-refractivity contribution in [2.24, 2.45) is 0 Å². The van der Waals surface area contributed by atoms with Gasteiger partial charge in [-0.2, -0.15) is 5.10 Å². The zero-order valence-electron chi connectivity index (χ0n) is 18.3. The number of rotatable bonds is 7. The summed E-state index contributed by atoms with van der Waals surface area (Å²) in [6.45, 7) is 4.82. The zero-order valence-corrected chi connectivity index (χ0v) is 18.3. The van der Waals surface area contributed by atoms with Gasteiger partial charge in [0.15, 0.2) is 5.78 Å². The van der Waals surface area contributed by atoms with Gasteiger partial charge in [0.05, 0.1) is 29.6 Å². The molecule has 0 unspecified atom stereocenters. The van der Waals surface area contributed by atoms with Crippen LogP contribution in [0.2, 0.25) is 0 Å². The second kappa shape index (κ2) is 8.38. The number of fused-ring (bicyclic) bond motifs is 2. The summed E-state index contributed by atoms with van der Waals surface area (Å²) in [6.07, 6.45) is 5.55. The van der Waals surface area contributed by atoms with Crippen LogP contribution in [0.15, 0.2) is 67.0 Å². The number of benzene rings is 1. The molecular formula is C26H25N5O. The van der Waals surface area contributed by atoms with Crippen molar-refractivity contribution in [1.82, 2.24) is 24.1 Å². The number of Topliss-reactive ketones (excluding diaryl/α,β-unsaturated/α-hetero) is 1. The standard InChI is InChI=1S/C26H25N5O/c1-3-19-10-8-11-20(28-19)17-31-22-12-7-9-18(26(22)21(4-2)29-31)15-24(32)23-16-27-25-13-5-6-14-30(23)25/h5-14,16H,3-4,15,17H2,1-2H3. The maximum absolute atomic E-state index is 13.2. The van der Waals surface area contributed by atoms with Crippen LogP contribution in [-0.4, -0.2) is 29.9 Å². The van der Waals surface area contributed by atoms with Crippen LogP contribution in [0, 0.1) is 0 Å².